The third kappa shape index (κ3) is 3.12. The van der Waals surface area contributed by atoms with Gasteiger partial charge in [-0.1, -0.05) is 26.7 Å². The van der Waals surface area contributed by atoms with Crippen LogP contribution in [0, 0.1) is 0 Å². The van der Waals surface area contributed by atoms with Gasteiger partial charge in [0.1, 0.15) is 11.4 Å². The fraction of sp³-hybridized carbons (Fsp3) is 0.625. The van der Waals surface area contributed by atoms with Crippen molar-refractivity contribution in [1.29, 1.82) is 0 Å². The molecule has 0 fully saturated rings. The van der Waals surface area contributed by atoms with Gasteiger partial charge in [-0.25, -0.2) is 0 Å². The normalized spacial score (nSPS) is 15.2. The van der Waals surface area contributed by atoms with Gasteiger partial charge in [-0.15, -0.1) is 0 Å². The van der Waals surface area contributed by atoms with Gasteiger partial charge in [-0.05, 0) is 31.4 Å². The maximum atomic E-state index is 12.8. The van der Waals surface area contributed by atoms with Gasteiger partial charge in [0.25, 0.3) is 11.8 Å². The van der Waals surface area contributed by atoms with Crippen LogP contribution in [0.2, 0.25) is 0 Å². The lowest BCUT2D eigenvalue weighted by Gasteiger charge is -2.30. The second-order valence-electron chi connectivity index (χ2n) is 5.70. The van der Waals surface area contributed by atoms with Gasteiger partial charge in [0, 0.05) is 19.1 Å². The molecule has 2 amide bonds. The van der Waals surface area contributed by atoms with E-state index in [0.29, 0.717) is 24.0 Å². The number of fused-ring (bicyclic) bond motifs is 1. The van der Waals surface area contributed by atoms with E-state index >= 15 is 0 Å². The molecule has 1 aliphatic rings. The summed E-state index contributed by atoms with van der Waals surface area (Å²) in [7, 11) is 0. The van der Waals surface area contributed by atoms with Crippen molar-refractivity contribution < 1.29 is 9.59 Å². The van der Waals surface area contributed by atoms with Crippen molar-refractivity contribution in [1.82, 2.24) is 9.47 Å². The molecule has 116 valence electrons. The molecule has 0 aliphatic carbocycles. The fourth-order valence-corrected chi connectivity index (χ4v) is 3.23. The number of nitrogens with zero attached hydrogens (tertiary/aromatic N) is 2. The average molecular weight is 291 g/mol. The first-order valence-corrected chi connectivity index (χ1v) is 7.90. The topological polar surface area (TPSA) is 68.3 Å². The predicted octanol–water partition coefficient (Wildman–Crippen LogP) is 2.40. The first kappa shape index (κ1) is 15.6. The van der Waals surface area contributed by atoms with Crippen molar-refractivity contribution in [3.05, 3.63) is 23.5 Å². The SMILES string of the molecule is CCCC(CCC)N1CCCn2c(C(N)=O)ccc2C1=O. The number of hydrogen-bond acceptors (Lipinski definition) is 2. The van der Waals surface area contributed by atoms with Gasteiger partial charge in [0.15, 0.2) is 0 Å². The van der Waals surface area contributed by atoms with Crippen LogP contribution in [-0.2, 0) is 6.54 Å². The molecule has 1 aliphatic heterocycles. The fourth-order valence-electron chi connectivity index (χ4n) is 3.23. The molecule has 1 aromatic rings. The standard InChI is InChI=1S/C16H25N3O2/c1-3-6-12(7-4-2)18-10-5-11-19-13(15(17)20)8-9-14(19)16(18)21/h8-9,12H,3-7,10-11H2,1-2H3,(H2,17,20). The number of carbonyl (C=O) groups excluding carboxylic acids is 2. The van der Waals surface area contributed by atoms with Crippen molar-refractivity contribution in [2.45, 2.75) is 58.5 Å². The summed E-state index contributed by atoms with van der Waals surface area (Å²) in [5, 5.41) is 0. The number of hydrogen-bond donors (Lipinski definition) is 1. The largest absolute Gasteiger partial charge is 0.364 e. The van der Waals surface area contributed by atoms with Crippen LogP contribution >= 0.6 is 0 Å². The molecule has 21 heavy (non-hydrogen) atoms. The van der Waals surface area contributed by atoms with E-state index in [1.54, 1.807) is 16.7 Å². The maximum Gasteiger partial charge on any atom is 0.270 e. The number of nitrogens with two attached hydrogens (primary N) is 1. The van der Waals surface area contributed by atoms with E-state index in [9.17, 15) is 9.59 Å². The second kappa shape index (κ2) is 6.78. The first-order chi connectivity index (χ1) is 10.1. The molecule has 0 unspecified atom stereocenters. The second-order valence-corrected chi connectivity index (χ2v) is 5.70. The first-order valence-electron chi connectivity index (χ1n) is 7.90. The molecular formula is C16H25N3O2. The maximum absolute atomic E-state index is 12.8. The van der Waals surface area contributed by atoms with Crippen LogP contribution in [0.3, 0.4) is 0 Å². The number of primary amides is 1. The quantitative estimate of drug-likeness (QED) is 0.874. The lowest BCUT2D eigenvalue weighted by atomic mass is 10.0. The van der Waals surface area contributed by atoms with Crippen LogP contribution in [0.15, 0.2) is 12.1 Å². The molecule has 5 nitrogen and oxygen atoms in total. The number of carbonyl (C=O) groups is 2. The minimum Gasteiger partial charge on any atom is -0.364 e. The summed E-state index contributed by atoms with van der Waals surface area (Å²) in [6, 6.07) is 3.69. The van der Waals surface area contributed by atoms with Crippen LogP contribution in [0.5, 0.6) is 0 Å². The Morgan fingerprint density at radius 1 is 1.24 bits per heavy atom. The smallest absolute Gasteiger partial charge is 0.270 e. The van der Waals surface area contributed by atoms with E-state index in [0.717, 1.165) is 38.6 Å². The molecule has 0 bridgehead atoms. The summed E-state index contributed by atoms with van der Waals surface area (Å²) in [5.74, 6) is -0.437. The van der Waals surface area contributed by atoms with Crippen LogP contribution in [-0.4, -0.2) is 33.9 Å². The summed E-state index contributed by atoms with van der Waals surface area (Å²) in [6.45, 7) is 5.73. The van der Waals surface area contributed by atoms with Gasteiger partial charge in [0.2, 0.25) is 0 Å². The molecule has 0 radical (unpaired) electrons. The predicted molar refractivity (Wildman–Crippen MR) is 82.2 cm³/mol. The van der Waals surface area contributed by atoms with Crippen molar-refractivity contribution >= 4 is 11.8 Å². The Bertz CT molecular complexity index is 516. The Hall–Kier alpha value is -1.78. The highest BCUT2D eigenvalue weighted by molar-refractivity contribution is 5.97. The Kier molecular flexibility index (Phi) is 5.04. The van der Waals surface area contributed by atoms with Gasteiger partial charge < -0.3 is 15.2 Å². The highest BCUT2D eigenvalue weighted by atomic mass is 16.2. The minimum atomic E-state index is -0.471. The highest BCUT2D eigenvalue weighted by Gasteiger charge is 2.29. The van der Waals surface area contributed by atoms with E-state index in [1.165, 1.54) is 0 Å². The summed E-state index contributed by atoms with van der Waals surface area (Å²) < 4.78 is 1.78. The third-order valence-corrected chi connectivity index (χ3v) is 4.18. The van der Waals surface area contributed by atoms with E-state index < -0.39 is 5.91 Å². The number of rotatable bonds is 6. The minimum absolute atomic E-state index is 0.0342. The lowest BCUT2D eigenvalue weighted by molar-refractivity contribution is 0.0660. The van der Waals surface area contributed by atoms with Crippen LogP contribution in [0.25, 0.3) is 0 Å². The van der Waals surface area contributed by atoms with E-state index in [1.807, 2.05) is 4.90 Å². The molecule has 5 heteroatoms. The summed E-state index contributed by atoms with van der Waals surface area (Å²) in [5.41, 5.74) is 6.41. The molecule has 2 N–H and O–H groups in total. The Morgan fingerprint density at radius 2 is 1.90 bits per heavy atom. The van der Waals surface area contributed by atoms with Gasteiger partial charge in [-0.3, -0.25) is 9.59 Å². The molecule has 0 aromatic carbocycles. The number of amides is 2. The Balaban J connectivity index is 2.30. The van der Waals surface area contributed by atoms with E-state index in [-0.39, 0.29) is 5.91 Å². The molecule has 1 aromatic heterocycles. The monoisotopic (exact) mass is 291 g/mol. The molecule has 0 saturated carbocycles. The third-order valence-electron chi connectivity index (χ3n) is 4.18. The van der Waals surface area contributed by atoms with Gasteiger partial charge in [0.05, 0.1) is 0 Å². The Morgan fingerprint density at radius 3 is 2.48 bits per heavy atom. The lowest BCUT2D eigenvalue weighted by Crippen LogP contribution is -2.40. The summed E-state index contributed by atoms with van der Waals surface area (Å²) in [6.07, 6.45) is 5.06. The van der Waals surface area contributed by atoms with Crippen molar-refractivity contribution in [2.24, 2.45) is 5.73 Å². The molecular weight excluding hydrogens is 266 g/mol. The van der Waals surface area contributed by atoms with Crippen molar-refractivity contribution in [3.63, 3.8) is 0 Å². The van der Waals surface area contributed by atoms with E-state index in [2.05, 4.69) is 13.8 Å². The van der Waals surface area contributed by atoms with Gasteiger partial charge in [-0.2, -0.15) is 0 Å². The zero-order chi connectivity index (χ0) is 15.4. The zero-order valence-corrected chi connectivity index (χ0v) is 13.0. The average Bonchev–Trinajstić information content (AvgIpc) is 2.80. The van der Waals surface area contributed by atoms with Crippen molar-refractivity contribution in [2.75, 3.05) is 6.54 Å². The molecule has 2 heterocycles. The zero-order valence-electron chi connectivity index (χ0n) is 13.0. The van der Waals surface area contributed by atoms with Gasteiger partial charge >= 0.3 is 0 Å². The highest BCUT2D eigenvalue weighted by Crippen LogP contribution is 2.22. The Labute approximate surface area is 126 Å². The molecule has 0 atom stereocenters. The summed E-state index contributed by atoms with van der Waals surface area (Å²) >= 11 is 0. The summed E-state index contributed by atoms with van der Waals surface area (Å²) in [4.78, 5) is 26.3. The molecule has 2 rings (SSSR count). The molecule has 0 saturated heterocycles. The van der Waals surface area contributed by atoms with Crippen LogP contribution in [0.1, 0.15) is 66.9 Å². The van der Waals surface area contributed by atoms with Crippen LogP contribution in [0.4, 0.5) is 0 Å². The number of aromatic nitrogens is 1. The van der Waals surface area contributed by atoms with Crippen molar-refractivity contribution in [3.8, 4) is 0 Å². The molecule has 0 spiro atoms. The van der Waals surface area contributed by atoms with E-state index in [4.69, 9.17) is 5.73 Å². The van der Waals surface area contributed by atoms with Crippen LogP contribution < -0.4 is 5.73 Å².